The largest absolute Gasteiger partial charge is 0.479 e. The van der Waals surface area contributed by atoms with Crippen LogP contribution in [0.4, 0.5) is 0 Å². The number of esters is 3. The molecule has 444 valence electrons. The molecular formula is C65H112O12. The van der Waals surface area contributed by atoms with Crippen LogP contribution in [0.2, 0.25) is 0 Å². The monoisotopic (exact) mass is 1080 g/mol. The van der Waals surface area contributed by atoms with E-state index in [4.69, 9.17) is 23.7 Å². The summed E-state index contributed by atoms with van der Waals surface area (Å²) in [5.74, 6) is -3.16. The number of carbonyl (C=O) groups is 4. The highest BCUT2D eigenvalue weighted by molar-refractivity contribution is 5.74. The average Bonchev–Trinajstić information content (AvgIpc) is 3.42. The van der Waals surface area contributed by atoms with Crippen LogP contribution in [0.1, 0.15) is 278 Å². The minimum atomic E-state index is -1.91. The minimum absolute atomic E-state index is 0.0585. The minimum Gasteiger partial charge on any atom is -0.479 e. The molecule has 0 aromatic heterocycles. The van der Waals surface area contributed by atoms with Crippen LogP contribution in [0.5, 0.6) is 0 Å². The van der Waals surface area contributed by atoms with Crippen molar-refractivity contribution in [1.29, 1.82) is 0 Å². The highest BCUT2D eigenvalue weighted by Gasteiger charge is 2.50. The van der Waals surface area contributed by atoms with Gasteiger partial charge in [-0.25, -0.2) is 4.79 Å². The maximum absolute atomic E-state index is 13.1. The summed E-state index contributed by atoms with van der Waals surface area (Å²) in [5.41, 5.74) is 0. The number of ether oxygens (including phenoxy) is 5. The van der Waals surface area contributed by atoms with E-state index in [-0.39, 0.29) is 25.9 Å². The van der Waals surface area contributed by atoms with Crippen molar-refractivity contribution in [2.45, 2.75) is 314 Å². The fraction of sp³-hybridized carbons (Fsp3) is 0.785. The second-order valence-corrected chi connectivity index (χ2v) is 21.3. The van der Waals surface area contributed by atoms with Crippen molar-refractivity contribution in [3.8, 4) is 0 Å². The lowest BCUT2D eigenvalue weighted by Gasteiger charge is -2.40. The molecule has 12 heteroatoms. The molecule has 1 rings (SSSR count). The smallest absolute Gasteiger partial charge is 0.335 e. The third-order valence-electron chi connectivity index (χ3n) is 14.1. The molecule has 1 aliphatic heterocycles. The normalized spacial score (nSPS) is 18.4. The van der Waals surface area contributed by atoms with E-state index in [1.165, 1.54) is 109 Å². The van der Waals surface area contributed by atoms with Gasteiger partial charge in [0.2, 0.25) is 0 Å². The maximum Gasteiger partial charge on any atom is 0.335 e. The van der Waals surface area contributed by atoms with Gasteiger partial charge in [0.25, 0.3) is 0 Å². The number of aliphatic hydroxyl groups excluding tert-OH is 2. The molecule has 6 unspecified atom stereocenters. The number of rotatable bonds is 53. The third kappa shape index (κ3) is 43.0. The third-order valence-corrected chi connectivity index (χ3v) is 14.1. The first kappa shape index (κ1) is 71.4. The lowest BCUT2D eigenvalue weighted by atomic mass is 9.98. The molecule has 0 aliphatic carbocycles. The van der Waals surface area contributed by atoms with E-state index in [9.17, 15) is 34.5 Å². The van der Waals surface area contributed by atoms with Crippen LogP contribution in [-0.2, 0) is 42.9 Å². The van der Waals surface area contributed by atoms with E-state index in [0.717, 1.165) is 109 Å². The lowest BCUT2D eigenvalue weighted by Crippen LogP contribution is -2.61. The molecule has 1 fully saturated rings. The van der Waals surface area contributed by atoms with Crippen LogP contribution in [0, 0.1) is 0 Å². The van der Waals surface area contributed by atoms with Crippen LogP contribution in [-0.4, -0.2) is 89.2 Å². The van der Waals surface area contributed by atoms with Crippen molar-refractivity contribution >= 4 is 23.9 Å². The zero-order valence-corrected chi connectivity index (χ0v) is 49.0. The van der Waals surface area contributed by atoms with Crippen LogP contribution >= 0.6 is 0 Å². The topological polar surface area (TPSA) is 175 Å². The Morgan fingerprint density at radius 3 is 1.29 bits per heavy atom. The van der Waals surface area contributed by atoms with E-state index in [1.807, 2.05) is 0 Å². The molecule has 0 radical (unpaired) electrons. The van der Waals surface area contributed by atoms with Crippen LogP contribution in [0.25, 0.3) is 0 Å². The number of unbranched alkanes of at least 4 members (excludes halogenated alkanes) is 29. The summed E-state index contributed by atoms with van der Waals surface area (Å²) in [7, 11) is 0. The van der Waals surface area contributed by atoms with E-state index in [2.05, 4.69) is 81.5 Å². The van der Waals surface area contributed by atoms with E-state index in [1.54, 1.807) is 0 Å². The van der Waals surface area contributed by atoms with Crippen molar-refractivity contribution in [3.05, 3.63) is 60.8 Å². The molecule has 1 saturated heterocycles. The van der Waals surface area contributed by atoms with Gasteiger partial charge in [-0.2, -0.15) is 0 Å². The predicted octanol–water partition coefficient (Wildman–Crippen LogP) is 16.3. The Hall–Kier alpha value is -3.58. The Kier molecular flexibility index (Phi) is 49.2. The Labute approximate surface area is 468 Å². The summed E-state index contributed by atoms with van der Waals surface area (Å²) in [6.45, 7) is 5.84. The second kappa shape index (κ2) is 53.1. The van der Waals surface area contributed by atoms with Crippen LogP contribution in [0.15, 0.2) is 60.8 Å². The number of carbonyl (C=O) groups excluding carboxylic acids is 3. The number of aliphatic hydroxyl groups is 2. The first-order valence-corrected chi connectivity index (χ1v) is 31.3. The Balaban J connectivity index is 2.66. The zero-order chi connectivity index (χ0) is 56.1. The summed E-state index contributed by atoms with van der Waals surface area (Å²) >= 11 is 0. The van der Waals surface area contributed by atoms with Crippen LogP contribution < -0.4 is 0 Å². The van der Waals surface area contributed by atoms with Crippen molar-refractivity contribution in [1.82, 2.24) is 0 Å². The summed E-state index contributed by atoms with van der Waals surface area (Å²) in [5, 5.41) is 31.5. The fourth-order valence-corrected chi connectivity index (χ4v) is 9.30. The molecule has 0 saturated carbocycles. The molecule has 12 nitrogen and oxygen atoms in total. The molecule has 0 bridgehead atoms. The quantitative estimate of drug-likeness (QED) is 0.0228. The molecular weight excluding hydrogens is 973 g/mol. The number of allylic oxidation sites excluding steroid dienone is 10. The standard InChI is InChI=1S/C65H112O12/c1-4-7-10-13-16-19-22-25-27-28-29-30-32-35-38-41-44-47-50-53-59(68)76-63-61(70)60(69)62(64(71)72)77-65(63)74-55-56(75-58(67)52-49-46-43-40-37-33-24-21-18-15-12-9-6-3)54-73-57(66)51-48-45-42-39-36-34-31-26-23-20-17-14-11-8-5-2/h9,12,17-18,20-21,26,31,33,37,56,60-63,65,69-70H,4-8,10-11,13-16,19,22-25,27-30,32,34-36,38-55H2,1-3H3,(H,71,72)/b12-9-,20-17-,21-18-,31-26-,37-33-. The van der Waals surface area contributed by atoms with Crippen molar-refractivity contribution in [2.24, 2.45) is 0 Å². The van der Waals surface area contributed by atoms with Gasteiger partial charge in [0, 0.05) is 19.3 Å². The predicted molar refractivity (Wildman–Crippen MR) is 312 cm³/mol. The Bertz CT molecular complexity index is 1570. The Morgan fingerprint density at radius 1 is 0.442 bits per heavy atom. The highest BCUT2D eigenvalue weighted by Crippen LogP contribution is 2.27. The van der Waals surface area contributed by atoms with Crippen LogP contribution in [0.3, 0.4) is 0 Å². The van der Waals surface area contributed by atoms with Gasteiger partial charge in [-0.1, -0.05) is 236 Å². The zero-order valence-electron chi connectivity index (χ0n) is 49.0. The van der Waals surface area contributed by atoms with Gasteiger partial charge in [-0.05, 0) is 83.5 Å². The molecule has 6 atom stereocenters. The Morgan fingerprint density at radius 2 is 0.818 bits per heavy atom. The molecule has 0 aromatic carbocycles. The molecule has 77 heavy (non-hydrogen) atoms. The number of aliphatic carboxylic acids is 1. The summed E-state index contributed by atoms with van der Waals surface area (Å²) in [6, 6.07) is 0. The summed E-state index contributed by atoms with van der Waals surface area (Å²) in [6.07, 6.45) is 53.3. The van der Waals surface area contributed by atoms with Crippen molar-refractivity contribution in [2.75, 3.05) is 13.2 Å². The van der Waals surface area contributed by atoms with Gasteiger partial charge in [0.05, 0.1) is 6.61 Å². The molecule has 0 aromatic rings. The summed E-state index contributed by atoms with van der Waals surface area (Å²) in [4.78, 5) is 51.2. The van der Waals surface area contributed by atoms with E-state index >= 15 is 0 Å². The van der Waals surface area contributed by atoms with Gasteiger partial charge in [-0.15, -0.1) is 0 Å². The van der Waals surface area contributed by atoms with Gasteiger partial charge in [0.1, 0.15) is 18.8 Å². The van der Waals surface area contributed by atoms with Gasteiger partial charge < -0.3 is 39.0 Å². The van der Waals surface area contributed by atoms with E-state index in [0.29, 0.717) is 19.3 Å². The first-order chi connectivity index (χ1) is 37.6. The van der Waals surface area contributed by atoms with Gasteiger partial charge in [0.15, 0.2) is 24.6 Å². The van der Waals surface area contributed by atoms with Crippen molar-refractivity contribution < 1.29 is 58.2 Å². The first-order valence-electron chi connectivity index (χ1n) is 31.3. The molecule has 1 aliphatic rings. The molecule has 1 heterocycles. The van der Waals surface area contributed by atoms with Crippen molar-refractivity contribution in [3.63, 3.8) is 0 Å². The lowest BCUT2D eigenvalue weighted by molar-refractivity contribution is -0.301. The van der Waals surface area contributed by atoms with Gasteiger partial charge in [-0.3, -0.25) is 14.4 Å². The maximum atomic E-state index is 13.1. The van der Waals surface area contributed by atoms with E-state index < -0.39 is 67.3 Å². The second-order valence-electron chi connectivity index (χ2n) is 21.3. The average molecular weight is 1090 g/mol. The number of carboxylic acids is 1. The SMILES string of the molecule is CC/C=C\C/C=C\C/C=C\CCCCCC(=O)OC(COC(=O)CCCCCCC/C=C\C/C=C\CCCCC)COC1OC(C(=O)O)C(O)C(O)C1OC(=O)CCCCCCCCCCCCCCCCCCCCC. The fourth-order valence-electron chi connectivity index (χ4n) is 9.30. The number of carboxylic acid groups (broad SMARTS) is 1. The molecule has 0 spiro atoms. The summed E-state index contributed by atoms with van der Waals surface area (Å²) < 4.78 is 28.4. The molecule has 0 amide bonds. The number of hydrogen-bond donors (Lipinski definition) is 3. The highest BCUT2D eigenvalue weighted by atomic mass is 16.7. The molecule has 3 N–H and O–H groups in total. The van der Waals surface area contributed by atoms with Gasteiger partial charge >= 0.3 is 23.9 Å². The number of hydrogen-bond acceptors (Lipinski definition) is 11.